The lowest BCUT2D eigenvalue weighted by molar-refractivity contribution is 0.313. The molecule has 1 aliphatic carbocycles. The van der Waals surface area contributed by atoms with Crippen LogP contribution >= 0.6 is 15.9 Å². The van der Waals surface area contributed by atoms with Crippen LogP contribution in [0.3, 0.4) is 0 Å². The van der Waals surface area contributed by atoms with E-state index in [-0.39, 0.29) is 5.54 Å². The lowest BCUT2D eigenvalue weighted by atomic mass is 9.80. The highest BCUT2D eigenvalue weighted by atomic mass is 79.9. The highest BCUT2D eigenvalue weighted by Gasteiger charge is 2.26. The topological polar surface area (TPSA) is 35.2 Å². The third-order valence-electron chi connectivity index (χ3n) is 4.14. The fourth-order valence-corrected chi connectivity index (χ4v) is 3.37. The maximum Gasteiger partial charge on any atom is 0.119 e. The van der Waals surface area contributed by atoms with Crippen LogP contribution in [-0.4, -0.2) is 12.6 Å². The number of nitrogens with two attached hydrogens (primary N) is 1. The molecule has 2 N–H and O–H groups in total. The molecule has 3 heteroatoms. The van der Waals surface area contributed by atoms with Gasteiger partial charge in [0.05, 0.1) is 7.11 Å². The second-order valence-electron chi connectivity index (χ2n) is 5.76. The van der Waals surface area contributed by atoms with Gasteiger partial charge in [-0.3, -0.25) is 0 Å². The number of rotatable bonds is 3. The summed E-state index contributed by atoms with van der Waals surface area (Å²) in [6.45, 7) is 0. The van der Waals surface area contributed by atoms with Crippen LogP contribution in [0.2, 0.25) is 0 Å². The van der Waals surface area contributed by atoms with Crippen LogP contribution in [0.15, 0.2) is 22.7 Å². The van der Waals surface area contributed by atoms with Crippen LogP contribution in [0.25, 0.3) is 0 Å². The normalized spacial score (nSPS) is 19.5. The molecule has 0 aliphatic heterocycles. The van der Waals surface area contributed by atoms with E-state index in [0.717, 1.165) is 29.5 Å². The second kappa shape index (κ2) is 6.76. The monoisotopic (exact) mass is 325 g/mol. The Kier molecular flexibility index (Phi) is 5.28. The molecule has 0 heterocycles. The molecule has 19 heavy (non-hydrogen) atoms. The van der Waals surface area contributed by atoms with Gasteiger partial charge in [-0.1, -0.05) is 48.0 Å². The van der Waals surface area contributed by atoms with Crippen LogP contribution in [0.1, 0.15) is 50.5 Å². The summed E-state index contributed by atoms with van der Waals surface area (Å²) in [5, 5.41) is 0. The minimum Gasteiger partial charge on any atom is -0.497 e. The highest BCUT2D eigenvalue weighted by molar-refractivity contribution is 9.10. The van der Waals surface area contributed by atoms with Crippen LogP contribution in [0.4, 0.5) is 0 Å². The molecule has 2 nitrogen and oxygen atoms in total. The zero-order valence-corrected chi connectivity index (χ0v) is 13.3. The summed E-state index contributed by atoms with van der Waals surface area (Å²) in [5.74, 6) is 0.910. The van der Waals surface area contributed by atoms with E-state index in [1.165, 1.54) is 37.7 Å². The fraction of sp³-hybridized carbons (Fsp3) is 0.625. The molecule has 0 unspecified atom stereocenters. The molecule has 1 aromatic carbocycles. The van der Waals surface area contributed by atoms with Crippen molar-refractivity contribution in [1.82, 2.24) is 0 Å². The fourth-order valence-electron chi connectivity index (χ4n) is 2.98. The largest absolute Gasteiger partial charge is 0.497 e. The third-order valence-corrected chi connectivity index (χ3v) is 4.92. The van der Waals surface area contributed by atoms with E-state index in [4.69, 9.17) is 10.5 Å². The first-order chi connectivity index (χ1) is 9.13. The third kappa shape index (κ3) is 4.22. The van der Waals surface area contributed by atoms with E-state index in [1.807, 2.05) is 6.07 Å². The van der Waals surface area contributed by atoms with Crippen molar-refractivity contribution >= 4 is 15.9 Å². The molecular formula is C16H24BrNO. The number of hydrogen-bond donors (Lipinski definition) is 1. The maximum atomic E-state index is 6.66. The smallest absolute Gasteiger partial charge is 0.119 e. The van der Waals surface area contributed by atoms with Crippen LogP contribution < -0.4 is 10.5 Å². The Hall–Kier alpha value is -0.540. The molecule has 0 bridgehead atoms. The Morgan fingerprint density at radius 2 is 1.79 bits per heavy atom. The van der Waals surface area contributed by atoms with Crippen molar-refractivity contribution in [2.75, 3.05) is 7.11 Å². The molecule has 106 valence electrons. The summed E-state index contributed by atoms with van der Waals surface area (Å²) in [6, 6.07) is 6.15. The van der Waals surface area contributed by atoms with Gasteiger partial charge >= 0.3 is 0 Å². The van der Waals surface area contributed by atoms with Gasteiger partial charge in [0, 0.05) is 10.0 Å². The molecule has 0 radical (unpaired) electrons. The predicted octanol–water partition coefficient (Wildman–Crippen LogP) is 4.44. The van der Waals surface area contributed by atoms with Gasteiger partial charge in [-0.05, 0) is 43.0 Å². The summed E-state index contributed by atoms with van der Waals surface area (Å²) >= 11 is 3.63. The Labute approximate surface area is 124 Å². The zero-order chi connectivity index (χ0) is 13.7. The van der Waals surface area contributed by atoms with Gasteiger partial charge in [0.25, 0.3) is 0 Å². The van der Waals surface area contributed by atoms with E-state index in [0.29, 0.717) is 0 Å². The van der Waals surface area contributed by atoms with Gasteiger partial charge < -0.3 is 10.5 Å². The molecular weight excluding hydrogens is 302 g/mol. The first kappa shape index (κ1) is 14.9. The summed E-state index contributed by atoms with van der Waals surface area (Å²) in [5.41, 5.74) is 7.88. The molecule has 2 rings (SSSR count). The Balaban J connectivity index is 2.13. The predicted molar refractivity (Wildman–Crippen MR) is 83.6 cm³/mol. The quantitative estimate of drug-likeness (QED) is 0.891. The minimum atomic E-state index is -0.0463. The summed E-state index contributed by atoms with van der Waals surface area (Å²) in [7, 11) is 1.71. The SMILES string of the molecule is COc1ccc(Br)c(CC2(N)CCCCCCC2)c1. The second-order valence-corrected chi connectivity index (χ2v) is 6.62. The average Bonchev–Trinajstić information content (AvgIpc) is 2.37. The number of methoxy groups -OCH3 is 1. The lowest BCUT2D eigenvalue weighted by Crippen LogP contribution is -2.42. The van der Waals surface area contributed by atoms with Crippen molar-refractivity contribution in [1.29, 1.82) is 0 Å². The van der Waals surface area contributed by atoms with Gasteiger partial charge in [0.1, 0.15) is 5.75 Å². The summed E-state index contributed by atoms with van der Waals surface area (Å²) in [4.78, 5) is 0. The molecule has 1 fully saturated rings. The van der Waals surface area contributed by atoms with Crippen molar-refractivity contribution in [3.8, 4) is 5.75 Å². The van der Waals surface area contributed by atoms with Crippen molar-refractivity contribution in [2.45, 2.75) is 56.9 Å². The Morgan fingerprint density at radius 1 is 1.16 bits per heavy atom. The van der Waals surface area contributed by atoms with Gasteiger partial charge in [-0.15, -0.1) is 0 Å². The minimum absolute atomic E-state index is 0.0463. The van der Waals surface area contributed by atoms with E-state index in [2.05, 4.69) is 28.1 Å². The molecule has 1 saturated carbocycles. The first-order valence-electron chi connectivity index (χ1n) is 7.24. The zero-order valence-electron chi connectivity index (χ0n) is 11.8. The number of benzene rings is 1. The van der Waals surface area contributed by atoms with E-state index in [1.54, 1.807) is 7.11 Å². The Bertz CT molecular complexity index is 411. The van der Waals surface area contributed by atoms with Gasteiger partial charge in [-0.25, -0.2) is 0 Å². The molecule has 0 amide bonds. The van der Waals surface area contributed by atoms with Gasteiger partial charge in [0.15, 0.2) is 0 Å². The lowest BCUT2D eigenvalue weighted by Gasteiger charge is -2.32. The standard InChI is InChI=1S/C16H24BrNO/c1-19-14-7-8-15(17)13(11-14)12-16(18)9-5-3-2-4-6-10-16/h7-8,11H,2-6,9-10,12,18H2,1H3. The molecule has 0 atom stereocenters. The van der Waals surface area contributed by atoms with Crippen molar-refractivity contribution in [3.63, 3.8) is 0 Å². The highest BCUT2D eigenvalue weighted by Crippen LogP contribution is 2.31. The molecule has 0 spiro atoms. The molecule has 1 aromatic rings. The van der Waals surface area contributed by atoms with Crippen LogP contribution in [0.5, 0.6) is 5.75 Å². The Morgan fingerprint density at radius 3 is 2.42 bits per heavy atom. The number of ether oxygens (including phenoxy) is 1. The number of halogens is 1. The maximum absolute atomic E-state index is 6.66. The summed E-state index contributed by atoms with van der Waals surface area (Å²) < 4.78 is 6.45. The van der Waals surface area contributed by atoms with Crippen molar-refractivity contribution in [2.24, 2.45) is 5.73 Å². The number of hydrogen-bond acceptors (Lipinski definition) is 2. The van der Waals surface area contributed by atoms with Gasteiger partial charge in [-0.2, -0.15) is 0 Å². The van der Waals surface area contributed by atoms with E-state index in [9.17, 15) is 0 Å². The van der Waals surface area contributed by atoms with E-state index >= 15 is 0 Å². The van der Waals surface area contributed by atoms with Crippen LogP contribution in [-0.2, 0) is 6.42 Å². The van der Waals surface area contributed by atoms with Crippen molar-refractivity contribution in [3.05, 3.63) is 28.2 Å². The molecule has 0 saturated heterocycles. The average molecular weight is 326 g/mol. The molecule has 1 aliphatic rings. The van der Waals surface area contributed by atoms with Crippen LogP contribution in [0, 0.1) is 0 Å². The van der Waals surface area contributed by atoms with Gasteiger partial charge in [0.2, 0.25) is 0 Å². The van der Waals surface area contributed by atoms with Crippen molar-refractivity contribution < 1.29 is 4.74 Å². The first-order valence-corrected chi connectivity index (χ1v) is 8.04. The summed E-state index contributed by atoms with van der Waals surface area (Å²) in [6.07, 6.45) is 9.77. The van der Waals surface area contributed by atoms with E-state index < -0.39 is 0 Å². The molecule has 0 aromatic heterocycles.